The van der Waals surface area contributed by atoms with Crippen LogP contribution in [0.25, 0.3) is 0 Å². The van der Waals surface area contributed by atoms with Gasteiger partial charge < -0.3 is 10.6 Å². The van der Waals surface area contributed by atoms with Gasteiger partial charge in [0.05, 0.1) is 4.92 Å². The van der Waals surface area contributed by atoms with Crippen molar-refractivity contribution >= 4 is 17.5 Å². The molecule has 2 aromatic rings. The van der Waals surface area contributed by atoms with E-state index < -0.39 is 10.8 Å². The summed E-state index contributed by atoms with van der Waals surface area (Å²) in [5.41, 5.74) is 1.99. The summed E-state index contributed by atoms with van der Waals surface area (Å²) in [6.45, 7) is 1.88. The van der Waals surface area contributed by atoms with Crippen LogP contribution in [0.2, 0.25) is 0 Å². The van der Waals surface area contributed by atoms with E-state index in [0.29, 0.717) is 11.1 Å². The molecule has 0 radical (unpaired) electrons. The monoisotopic (exact) mass is 327 g/mol. The SMILES string of the molecule is CNC(=O)c1ccc(CNC(=O)c2ccc(C)c([N+](=O)[O-])c2)cc1. The lowest BCUT2D eigenvalue weighted by Crippen LogP contribution is -2.23. The molecule has 0 saturated heterocycles. The highest BCUT2D eigenvalue weighted by atomic mass is 16.6. The van der Waals surface area contributed by atoms with Crippen molar-refractivity contribution in [3.8, 4) is 0 Å². The summed E-state index contributed by atoms with van der Waals surface area (Å²) in [6.07, 6.45) is 0. The lowest BCUT2D eigenvalue weighted by molar-refractivity contribution is -0.385. The second-order valence-corrected chi connectivity index (χ2v) is 5.22. The molecular weight excluding hydrogens is 310 g/mol. The fourth-order valence-electron chi connectivity index (χ4n) is 2.15. The molecule has 0 fully saturated rings. The Balaban J connectivity index is 2.04. The van der Waals surface area contributed by atoms with Gasteiger partial charge in [0.2, 0.25) is 0 Å². The molecule has 0 aliphatic heterocycles. The molecule has 0 spiro atoms. The Kier molecular flexibility index (Phi) is 5.26. The summed E-state index contributed by atoms with van der Waals surface area (Å²) in [5, 5.41) is 16.2. The molecule has 0 aromatic heterocycles. The zero-order valence-corrected chi connectivity index (χ0v) is 13.3. The van der Waals surface area contributed by atoms with Gasteiger partial charge in [-0.2, -0.15) is 0 Å². The van der Waals surface area contributed by atoms with E-state index >= 15 is 0 Å². The highest BCUT2D eigenvalue weighted by Gasteiger charge is 2.14. The summed E-state index contributed by atoms with van der Waals surface area (Å²) >= 11 is 0. The van der Waals surface area contributed by atoms with Crippen molar-refractivity contribution in [3.05, 3.63) is 74.8 Å². The molecule has 2 N–H and O–H groups in total. The van der Waals surface area contributed by atoms with Crippen LogP contribution in [0.3, 0.4) is 0 Å². The highest BCUT2D eigenvalue weighted by molar-refractivity contribution is 5.95. The molecule has 7 nitrogen and oxygen atoms in total. The number of nitro groups is 1. The molecule has 2 amide bonds. The number of rotatable bonds is 5. The van der Waals surface area contributed by atoms with E-state index in [2.05, 4.69) is 10.6 Å². The lowest BCUT2D eigenvalue weighted by atomic mass is 10.1. The molecule has 0 saturated carbocycles. The van der Waals surface area contributed by atoms with Crippen LogP contribution in [-0.2, 0) is 6.54 Å². The van der Waals surface area contributed by atoms with Gasteiger partial charge in [0, 0.05) is 36.3 Å². The summed E-state index contributed by atoms with van der Waals surface area (Å²) in [6, 6.07) is 11.2. The number of benzene rings is 2. The van der Waals surface area contributed by atoms with Gasteiger partial charge in [0.1, 0.15) is 0 Å². The highest BCUT2D eigenvalue weighted by Crippen LogP contribution is 2.19. The zero-order chi connectivity index (χ0) is 17.7. The van der Waals surface area contributed by atoms with Gasteiger partial charge in [-0.15, -0.1) is 0 Å². The normalized spacial score (nSPS) is 10.1. The Morgan fingerprint density at radius 1 is 1.04 bits per heavy atom. The summed E-state index contributed by atoms with van der Waals surface area (Å²) in [5.74, 6) is -0.578. The van der Waals surface area contributed by atoms with Crippen LogP contribution >= 0.6 is 0 Å². The predicted molar refractivity (Wildman–Crippen MR) is 88.8 cm³/mol. The second kappa shape index (κ2) is 7.36. The first-order chi connectivity index (χ1) is 11.4. The van der Waals surface area contributed by atoms with E-state index in [0.717, 1.165) is 5.56 Å². The minimum absolute atomic E-state index is 0.0856. The van der Waals surface area contributed by atoms with E-state index in [1.807, 2.05) is 0 Å². The standard InChI is InChI=1S/C17H17N3O4/c1-11-3-6-14(9-15(11)20(23)24)17(22)19-10-12-4-7-13(8-5-12)16(21)18-2/h3-9H,10H2,1-2H3,(H,18,21)(H,19,22). The zero-order valence-electron chi connectivity index (χ0n) is 13.3. The summed E-state index contributed by atoms with van der Waals surface area (Å²) in [4.78, 5) is 34.0. The van der Waals surface area contributed by atoms with Crippen molar-refractivity contribution in [1.82, 2.24) is 10.6 Å². The Bertz CT molecular complexity index is 785. The second-order valence-electron chi connectivity index (χ2n) is 5.22. The van der Waals surface area contributed by atoms with Gasteiger partial charge in [0.25, 0.3) is 17.5 Å². The van der Waals surface area contributed by atoms with Crippen LogP contribution in [0.15, 0.2) is 42.5 Å². The molecule has 0 bridgehead atoms. The molecular formula is C17H17N3O4. The van der Waals surface area contributed by atoms with Gasteiger partial charge in [0.15, 0.2) is 0 Å². The van der Waals surface area contributed by atoms with Crippen LogP contribution < -0.4 is 10.6 Å². The third kappa shape index (κ3) is 3.95. The lowest BCUT2D eigenvalue weighted by Gasteiger charge is -2.07. The number of aryl methyl sites for hydroxylation is 1. The van der Waals surface area contributed by atoms with E-state index in [9.17, 15) is 19.7 Å². The Morgan fingerprint density at radius 3 is 2.25 bits per heavy atom. The van der Waals surface area contributed by atoms with Crippen LogP contribution in [-0.4, -0.2) is 23.8 Å². The Hall–Kier alpha value is -3.22. The van der Waals surface area contributed by atoms with E-state index in [1.54, 1.807) is 50.4 Å². The van der Waals surface area contributed by atoms with Crippen LogP contribution in [0.4, 0.5) is 5.69 Å². The van der Waals surface area contributed by atoms with E-state index in [-0.39, 0.29) is 23.7 Å². The van der Waals surface area contributed by atoms with Gasteiger partial charge in [-0.3, -0.25) is 19.7 Å². The molecule has 0 aliphatic rings. The fourth-order valence-corrected chi connectivity index (χ4v) is 2.15. The molecule has 0 heterocycles. The number of amides is 2. The van der Waals surface area contributed by atoms with Crippen molar-refractivity contribution < 1.29 is 14.5 Å². The molecule has 0 atom stereocenters. The Labute approximate surface area is 138 Å². The van der Waals surface area contributed by atoms with Crippen molar-refractivity contribution in [2.24, 2.45) is 0 Å². The predicted octanol–water partition coefficient (Wildman–Crippen LogP) is 2.19. The smallest absolute Gasteiger partial charge is 0.273 e. The van der Waals surface area contributed by atoms with Crippen molar-refractivity contribution in [3.63, 3.8) is 0 Å². The molecule has 2 rings (SSSR count). The van der Waals surface area contributed by atoms with Crippen LogP contribution in [0.1, 0.15) is 31.8 Å². The van der Waals surface area contributed by atoms with E-state index in [1.165, 1.54) is 6.07 Å². The van der Waals surface area contributed by atoms with Gasteiger partial charge >= 0.3 is 0 Å². The van der Waals surface area contributed by atoms with Crippen LogP contribution in [0, 0.1) is 17.0 Å². The fraction of sp³-hybridized carbons (Fsp3) is 0.176. The van der Waals surface area contributed by atoms with Gasteiger partial charge in [-0.05, 0) is 30.7 Å². The molecule has 7 heteroatoms. The topological polar surface area (TPSA) is 101 Å². The average molecular weight is 327 g/mol. The number of nitro benzene ring substituents is 1. The number of nitrogens with one attached hydrogen (secondary N) is 2. The quantitative estimate of drug-likeness (QED) is 0.649. The maximum Gasteiger partial charge on any atom is 0.273 e. The largest absolute Gasteiger partial charge is 0.355 e. The third-order valence-electron chi connectivity index (χ3n) is 3.56. The number of hydrogen-bond acceptors (Lipinski definition) is 4. The molecule has 0 unspecified atom stereocenters. The summed E-state index contributed by atoms with van der Waals surface area (Å²) < 4.78 is 0. The number of nitrogens with zero attached hydrogens (tertiary/aromatic N) is 1. The van der Waals surface area contributed by atoms with Gasteiger partial charge in [-0.25, -0.2) is 0 Å². The minimum Gasteiger partial charge on any atom is -0.355 e. The maximum atomic E-state index is 12.1. The molecule has 24 heavy (non-hydrogen) atoms. The third-order valence-corrected chi connectivity index (χ3v) is 3.56. The first kappa shape index (κ1) is 17.1. The van der Waals surface area contributed by atoms with Crippen LogP contribution in [0.5, 0.6) is 0 Å². The maximum absolute atomic E-state index is 12.1. The van der Waals surface area contributed by atoms with Crippen molar-refractivity contribution in [1.29, 1.82) is 0 Å². The average Bonchev–Trinajstić information content (AvgIpc) is 2.59. The van der Waals surface area contributed by atoms with Crippen molar-refractivity contribution in [2.75, 3.05) is 7.05 Å². The minimum atomic E-state index is -0.510. The number of hydrogen-bond donors (Lipinski definition) is 2. The molecule has 0 aliphatic carbocycles. The number of carbonyl (C=O) groups is 2. The molecule has 124 valence electrons. The number of carbonyl (C=O) groups excluding carboxylic acids is 2. The van der Waals surface area contributed by atoms with E-state index in [4.69, 9.17) is 0 Å². The molecule has 2 aromatic carbocycles. The van der Waals surface area contributed by atoms with Gasteiger partial charge in [-0.1, -0.05) is 18.2 Å². The van der Waals surface area contributed by atoms with Crippen molar-refractivity contribution in [2.45, 2.75) is 13.5 Å². The Morgan fingerprint density at radius 2 is 1.67 bits per heavy atom. The first-order valence-electron chi connectivity index (χ1n) is 7.26. The summed E-state index contributed by atoms with van der Waals surface area (Å²) in [7, 11) is 1.55. The first-order valence-corrected chi connectivity index (χ1v) is 7.26.